The van der Waals surface area contributed by atoms with Crippen LogP contribution >= 0.6 is 11.6 Å². The van der Waals surface area contributed by atoms with Crippen molar-refractivity contribution in [1.29, 1.82) is 0 Å². The fourth-order valence-corrected chi connectivity index (χ4v) is 2.73. The molecule has 19 heavy (non-hydrogen) atoms. The zero-order valence-electron chi connectivity index (χ0n) is 11.8. The number of anilines is 1. The number of para-hydroxylation sites is 1. The zero-order chi connectivity index (χ0) is 13.7. The lowest BCUT2D eigenvalue weighted by molar-refractivity contribution is 0.481. The highest BCUT2D eigenvalue weighted by molar-refractivity contribution is 6.25. The number of benzene rings is 1. The van der Waals surface area contributed by atoms with E-state index in [-0.39, 0.29) is 0 Å². The van der Waals surface area contributed by atoms with Crippen LogP contribution in [0.2, 0.25) is 0 Å². The van der Waals surface area contributed by atoms with Crippen molar-refractivity contribution in [3.8, 4) is 0 Å². The van der Waals surface area contributed by atoms with Gasteiger partial charge < -0.3 is 10.2 Å². The lowest BCUT2D eigenvalue weighted by Gasteiger charge is -2.36. The predicted molar refractivity (Wildman–Crippen MR) is 83.9 cm³/mol. The third-order valence-electron chi connectivity index (χ3n) is 3.61. The number of hydrogen-bond donors (Lipinski definition) is 1. The van der Waals surface area contributed by atoms with Crippen molar-refractivity contribution >= 4 is 17.3 Å². The average molecular weight is 279 g/mol. The number of hydrogen-bond acceptors (Lipinski definition) is 2. The molecule has 1 aliphatic heterocycles. The molecule has 1 N–H and O–H groups in total. The first-order valence-electron chi connectivity index (χ1n) is 7.09. The Kier molecular flexibility index (Phi) is 5.29. The summed E-state index contributed by atoms with van der Waals surface area (Å²) in [6.45, 7) is 7.38. The van der Waals surface area contributed by atoms with Gasteiger partial charge in [-0.2, -0.15) is 0 Å². The van der Waals surface area contributed by atoms with Crippen LogP contribution in [0.5, 0.6) is 0 Å². The Morgan fingerprint density at radius 3 is 3.00 bits per heavy atom. The molecule has 1 atom stereocenters. The summed E-state index contributed by atoms with van der Waals surface area (Å²) in [5.41, 5.74) is 5.66. The highest BCUT2D eigenvalue weighted by Gasteiger charge is 2.23. The average Bonchev–Trinajstić information content (AvgIpc) is 2.46. The SMILES string of the molecule is CCCNC1CCN(C/C(C)=C/Cl)c2ccccc21. The van der Waals surface area contributed by atoms with Gasteiger partial charge >= 0.3 is 0 Å². The Balaban J connectivity index is 2.19. The molecular weight excluding hydrogens is 256 g/mol. The minimum absolute atomic E-state index is 0.493. The van der Waals surface area contributed by atoms with E-state index in [1.165, 1.54) is 23.2 Å². The zero-order valence-corrected chi connectivity index (χ0v) is 12.6. The van der Waals surface area contributed by atoms with Crippen LogP contribution in [-0.4, -0.2) is 19.6 Å². The molecule has 1 aromatic carbocycles. The number of rotatable bonds is 5. The van der Waals surface area contributed by atoms with Crippen LogP contribution in [0.1, 0.15) is 38.3 Å². The molecule has 0 aromatic heterocycles. The summed E-state index contributed by atoms with van der Waals surface area (Å²) >= 11 is 5.79. The maximum atomic E-state index is 5.79. The van der Waals surface area contributed by atoms with Gasteiger partial charge in [-0.25, -0.2) is 0 Å². The summed E-state index contributed by atoms with van der Waals surface area (Å²) in [4.78, 5) is 2.42. The molecular formula is C16H23ClN2. The van der Waals surface area contributed by atoms with Crippen molar-refractivity contribution in [2.45, 2.75) is 32.7 Å². The van der Waals surface area contributed by atoms with E-state index in [0.717, 1.165) is 26.1 Å². The Bertz CT molecular complexity index is 442. The first kappa shape index (κ1) is 14.4. The molecule has 2 rings (SSSR count). The van der Waals surface area contributed by atoms with Crippen LogP contribution < -0.4 is 10.2 Å². The number of halogens is 1. The largest absolute Gasteiger partial charge is 0.367 e. The van der Waals surface area contributed by atoms with Gasteiger partial charge in [-0.3, -0.25) is 0 Å². The highest BCUT2D eigenvalue weighted by atomic mass is 35.5. The van der Waals surface area contributed by atoms with E-state index in [2.05, 4.69) is 48.3 Å². The molecule has 0 saturated carbocycles. The quantitative estimate of drug-likeness (QED) is 0.873. The third-order valence-corrected chi connectivity index (χ3v) is 3.98. The Hall–Kier alpha value is -0.990. The molecule has 0 spiro atoms. The van der Waals surface area contributed by atoms with Crippen molar-refractivity contribution in [1.82, 2.24) is 5.32 Å². The second-order valence-electron chi connectivity index (χ2n) is 5.23. The van der Waals surface area contributed by atoms with E-state index in [1.807, 2.05) is 0 Å². The van der Waals surface area contributed by atoms with Crippen LogP contribution in [0.3, 0.4) is 0 Å². The molecule has 0 radical (unpaired) electrons. The Labute approximate surface area is 121 Å². The molecule has 0 saturated heterocycles. The van der Waals surface area contributed by atoms with Gasteiger partial charge in [0, 0.05) is 30.4 Å². The maximum Gasteiger partial charge on any atom is 0.0417 e. The van der Waals surface area contributed by atoms with Crippen molar-refractivity contribution in [3.63, 3.8) is 0 Å². The summed E-state index contributed by atoms with van der Waals surface area (Å²) < 4.78 is 0. The fraction of sp³-hybridized carbons (Fsp3) is 0.500. The normalized spacial score (nSPS) is 19.4. The predicted octanol–water partition coefficient (Wildman–Crippen LogP) is 4.08. The Morgan fingerprint density at radius 2 is 2.26 bits per heavy atom. The van der Waals surface area contributed by atoms with Crippen LogP contribution in [0, 0.1) is 0 Å². The van der Waals surface area contributed by atoms with E-state index in [9.17, 15) is 0 Å². The summed E-state index contributed by atoms with van der Waals surface area (Å²) in [5, 5.41) is 3.65. The minimum Gasteiger partial charge on any atom is -0.367 e. The summed E-state index contributed by atoms with van der Waals surface area (Å²) in [7, 11) is 0. The molecule has 1 aliphatic rings. The molecule has 2 nitrogen and oxygen atoms in total. The smallest absolute Gasteiger partial charge is 0.0417 e. The van der Waals surface area contributed by atoms with Gasteiger partial charge in [0.1, 0.15) is 0 Å². The first-order valence-corrected chi connectivity index (χ1v) is 7.53. The van der Waals surface area contributed by atoms with Gasteiger partial charge in [-0.1, -0.05) is 36.7 Å². The molecule has 0 aliphatic carbocycles. The Morgan fingerprint density at radius 1 is 1.47 bits per heavy atom. The van der Waals surface area contributed by atoms with E-state index in [0.29, 0.717) is 6.04 Å². The van der Waals surface area contributed by atoms with Crippen LogP contribution in [-0.2, 0) is 0 Å². The van der Waals surface area contributed by atoms with Gasteiger partial charge in [0.25, 0.3) is 0 Å². The van der Waals surface area contributed by atoms with Crippen molar-refractivity contribution in [2.24, 2.45) is 0 Å². The minimum atomic E-state index is 0.493. The lowest BCUT2D eigenvalue weighted by atomic mass is 9.96. The molecule has 3 heteroatoms. The van der Waals surface area contributed by atoms with Crippen LogP contribution in [0.15, 0.2) is 35.4 Å². The van der Waals surface area contributed by atoms with E-state index < -0.39 is 0 Å². The third kappa shape index (κ3) is 3.52. The van der Waals surface area contributed by atoms with Gasteiger partial charge in [0.2, 0.25) is 0 Å². The van der Waals surface area contributed by atoms with E-state index in [1.54, 1.807) is 5.54 Å². The summed E-state index contributed by atoms with van der Waals surface area (Å²) in [6.07, 6.45) is 2.34. The maximum absolute atomic E-state index is 5.79. The molecule has 1 unspecified atom stereocenters. The first-order chi connectivity index (χ1) is 9.26. The number of nitrogens with one attached hydrogen (secondary N) is 1. The molecule has 104 valence electrons. The van der Waals surface area contributed by atoms with Crippen LogP contribution in [0.4, 0.5) is 5.69 Å². The van der Waals surface area contributed by atoms with Gasteiger partial charge in [-0.15, -0.1) is 0 Å². The molecule has 0 bridgehead atoms. The van der Waals surface area contributed by atoms with Crippen molar-refractivity contribution in [2.75, 3.05) is 24.5 Å². The van der Waals surface area contributed by atoms with E-state index in [4.69, 9.17) is 11.6 Å². The van der Waals surface area contributed by atoms with Crippen LogP contribution in [0.25, 0.3) is 0 Å². The standard InChI is InChI=1S/C16H23ClN2/c1-3-9-18-15-8-10-19(12-13(2)11-17)16-7-5-4-6-14(15)16/h4-7,11,15,18H,3,8-10,12H2,1-2H3/b13-11+. The van der Waals surface area contributed by atoms with E-state index >= 15 is 0 Å². The summed E-state index contributed by atoms with van der Waals surface area (Å²) in [6, 6.07) is 9.21. The fourth-order valence-electron chi connectivity index (χ4n) is 2.66. The molecule has 0 fully saturated rings. The molecule has 0 amide bonds. The van der Waals surface area contributed by atoms with Crippen molar-refractivity contribution < 1.29 is 0 Å². The second kappa shape index (κ2) is 6.97. The molecule has 1 aromatic rings. The van der Waals surface area contributed by atoms with Gasteiger partial charge in [-0.05, 0) is 43.5 Å². The monoisotopic (exact) mass is 278 g/mol. The summed E-state index contributed by atoms with van der Waals surface area (Å²) in [5.74, 6) is 0. The number of fused-ring (bicyclic) bond motifs is 1. The van der Waals surface area contributed by atoms with Crippen molar-refractivity contribution in [3.05, 3.63) is 40.9 Å². The molecule has 1 heterocycles. The van der Waals surface area contributed by atoms with Gasteiger partial charge in [0.05, 0.1) is 0 Å². The van der Waals surface area contributed by atoms with Gasteiger partial charge in [0.15, 0.2) is 0 Å². The second-order valence-corrected chi connectivity index (χ2v) is 5.45. The topological polar surface area (TPSA) is 15.3 Å². The number of nitrogens with zero attached hydrogens (tertiary/aromatic N) is 1. The lowest BCUT2D eigenvalue weighted by Crippen LogP contribution is -2.36. The highest BCUT2D eigenvalue weighted by Crippen LogP contribution is 2.33.